The number of aromatic amines is 1. The number of H-pyrrole nitrogens is 1. The lowest BCUT2D eigenvalue weighted by molar-refractivity contribution is -0.147. The summed E-state index contributed by atoms with van der Waals surface area (Å²) in [6, 6.07) is 7.34. The zero-order valence-electron chi connectivity index (χ0n) is 12.6. The van der Waals surface area contributed by atoms with Gasteiger partial charge < -0.3 is 15.0 Å². The van der Waals surface area contributed by atoms with Crippen LogP contribution in [-0.2, 0) is 9.53 Å². The fraction of sp³-hybridized carbons (Fsp3) is 0.412. The summed E-state index contributed by atoms with van der Waals surface area (Å²) < 4.78 is 4.86. The Morgan fingerprint density at radius 3 is 2.86 bits per heavy atom. The van der Waals surface area contributed by atoms with E-state index < -0.39 is 0 Å². The second-order valence-electron chi connectivity index (χ2n) is 5.77. The van der Waals surface area contributed by atoms with Crippen molar-refractivity contribution >= 4 is 22.8 Å². The second kappa shape index (κ2) is 6.22. The quantitative estimate of drug-likeness (QED) is 0.856. The van der Waals surface area contributed by atoms with Gasteiger partial charge in [-0.2, -0.15) is 0 Å². The van der Waals surface area contributed by atoms with Crippen molar-refractivity contribution in [3.8, 4) is 0 Å². The van der Waals surface area contributed by atoms with Crippen LogP contribution in [0.5, 0.6) is 0 Å². The number of esters is 1. The summed E-state index contributed by atoms with van der Waals surface area (Å²) in [6.07, 6.45) is 5.46. The highest BCUT2D eigenvalue weighted by Crippen LogP contribution is 2.26. The third kappa shape index (κ3) is 2.84. The summed E-state index contributed by atoms with van der Waals surface area (Å²) in [4.78, 5) is 27.4. The molecule has 5 nitrogen and oxygen atoms in total. The zero-order chi connectivity index (χ0) is 15.5. The highest BCUT2D eigenvalue weighted by molar-refractivity contribution is 5.98. The Bertz CT molecular complexity index is 692. The molecule has 0 saturated heterocycles. The third-order valence-corrected chi connectivity index (χ3v) is 4.40. The Morgan fingerprint density at radius 1 is 1.23 bits per heavy atom. The molecule has 1 aliphatic rings. The van der Waals surface area contributed by atoms with Crippen LogP contribution in [0.15, 0.2) is 30.5 Å². The first-order chi connectivity index (χ1) is 10.7. The molecule has 0 spiro atoms. The lowest BCUT2D eigenvalue weighted by Gasteiger charge is -2.30. The Hall–Kier alpha value is -2.30. The van der Waals surface area contributed by atoms with Crippen molar-refractivity contribution in [2.75, 3.05) is 7.11 Å². The van der Waals surface area contributed by atoms with E-state index in [0.29, 0.717) is 5.56 Å². The smallest absolute Gasteiger partial charge is 0.310 e. The highest BCUT2D eigenvalue weighted by atomic mass is 16.5. The predicted octanol–water partition coefficient (Wildman–Crippen LogP) is 2.63. The number of fused-ring (bicyclic) bond motifs is 1. The number of rotatable bonds is 3. The minimum absolute atomic E-state index is 0.135. The maximum atomic E-state index is 12.5. The molecule has 3 rings (SSSR count). The normalized spacial score (nSPS) is 21.5. The molecular weight excluding hydrogens is 280 g/mol. The SMILES string of the molecule is COC(=O)[C@@H]1CCCC[C@@H]1NC(=O)c1ccc2[nH]ccc2c1. The van der Waals surface area contributed by atoms with E-state index >= 15 is 0 Å². The number of amides is 1. The highest BCUT2D eigenvalue weighted by Gasteiger charge is 2.32. The summed E-state index contributed by atoms with van der Waals surface area (Å²) in [6.45, 7) is 0. The van der Waals surface area contributed by atoms with Crippen LogP contribution >= 0.6 is 0 Å². The number of methoxy groups -OCH3 is 1. The van der Waals surface area contributed by atoms with Crippen molar-refractivity contribution in [3.05, 3.63) is 36.0 Å². The summed E-state index contributed by atoms with van der Waals surface area (Å²) >= 11 is 0. The van der Waals surface area contributed by atoms with Gasteiger partial charge >= 0.3 is 5.97 Å². The van der Waals surface area contributed by atoms with E-state index in [1.165, 1.54) is 7.11 Å². The number of hydrogen-bond acceptors (Lipinski definition) is 3. The summed E-state index contributed by atoms with van der Waals surface area (Å²) in [7, 11) is 1.40. The van der Waals surface area contributed by atoms with Crippen LogP contribution in [0.2, 0.25) is 0 Å². The molecule has 0 radical (unpaired) electrons. The lowest BCUT2D eigenvalue weighted by Crippen LogP contribution is -2.45. The maximum Gasteiger partial charge on any atom is 0.310 e. The van der Waals surface area contributed by atoms with Crippen LogP contribution in [0.25, 0.3) is 10.9 Å². The molecule has 2 N–H and O–H groups in total. The van der Waals surface area contributed by atoms with Gasteiger partial charge in [-0.15, -0.1) is 0 Å². The fourth-order valence-corrected chi connectivity index (χ4v) is 3.18. The van der Waals surface area contributed by atoms with Gasteiger partial charge in [0.05, 0.1) is 13.0 Å². The van der Waals surface area contributed by atoms with Gasteiger partial charge in [-0.3, -0.25) is 9.59 Å². The minimum Gasteiger partial charge on any atom is -0.469 e. The molecule has 1 fully saturated rings. The number of carbonyl (C=O) groups excluding carboxylic acids is 2. The Kier molecular flexibility index (Phi) is 4.13. The largest absolute Gasteiger partial charge is 0.469 e. The molecule has 116 valence electrons. The molecule has 1 aliphatic carbocycles. The predicted molar refractivity (Wildman–Crippen MR) is 83.5 cm³/mol. The van der Waals surface area contributed by atoms with E-state index in [1.54, 1.807) is 6.07 Å². The van der Waals surface area contributed by atoms with Crippen molar-refractivity contribution in [3.63, 3.8) is 0 Å². The molecule has 0 bridgehead atoms. The molecule has 5 heteroatoms. The second-order valence-corrected chi connectivity index (χ2v) is 5.77. The number of aromatic nitrogens is 1. The van der Waals surface area contributed by atoms with Crippen molar-refractivity contribution in [2.24, 2.45) is 5.92 Å². The Balaban J connectivity index is 1.75. The molecule has 22 heavy (non-hydrogen) atoms. The zero-order valence-corrected chi connectivity index (χ0v) is 12.6. The fourth-order valence-electron chi connectivity index (χ4n) is 3.18. The Morgan fingerprint density at radius 2 is 2.05 bits per heavy atom. The van der Waals surface area contributed by atoms with Gasteiger partial charge in [-0.05, 0) is 37.1 Å². The first-order valence-electron chi connectivity index (χ1n) is 7.65. The average Bonchev–Trinajstić information content (AvgIpc) is 3.02. The van der Waals surface area contributed by atoms with Crippen molar-refractivity contribution in [2.45, 2.75) is 31.7 Å². The van der Waals surface area contributed by atoms with E-state index in [2.05, 4.69) is 10.3 Å². The Labute approximate surface area is 129 Å². The monoisotopic (exact) mass is 300 g/mol. The molecule has 1 saturated carbocycles. The van der Waals surface area contributed by atoms with Crippen molar-refractivity contribution in [1.29, 1.82) is 0 Å². The van der Waals surface area contributed by atoms with Gasteiger partial charge in [0.1, 0.15) is 0 Å². The van der Waals surface area contributed by atoms with Gasteiger partial charge in [0.2, 0.25) is 0 Å². The number of carbonyl (C=O) groups is 2. The van der Waals surface area contributed by atoms with Gasteiger partial charge in [-0.1, -0.05) is 12.8 Å². The minimum atomic E-state index is -0.237. The molecule has 1 amide bonds. The molecule has 1 aromatic carbocycles. The molecule has 1 aromatic heterocycles. The van der Waals surface area contributed by atoms with Crippen LogP contribution in [0.3, 0.4) is 0 Å². The molecule has 0 unspecified atom stereocenters. The molecule has 2 atom stereocenters. The van der Waals surface area contributed by atoms with E-state index in [0.717, 1.165) is 36.6 Å². The third-order valence-electron chi connectivity index (χ3n) is 4.40. The summed E-state index contributed by atoms with van der Waals surface area (Å²) in [5, 5.41) is 4.01. The van der Waals surface area contributed by atoms with Gasteiger partial charge in [0.25, 0.3) is 5.91 Å². The van der Waals surface area contributed by atoms with Crippen molar-refractivity contribution in [1.82, 2.24) is 10.3 Å². The molecule has 0 aliphatic heterocycles. The van der Waals surface area contributed by atoms with Crippen molar-refractivity contribution < 1.29 is 14.3 Å². The first-order valence-corrected chi connectivity index (χ1v) is 7.65. The van der Waals surface area contributed by atoms with Gasteiger partial charge in [-0.25, -0.2) is 0 Å². The van der Waals surface area contributed by atoms with E-state index in [4.69, 9.17) is 4.74 Å². The summed E-state index contributed by atoms with van der Waals surface area (Å²) in [5.74, 6) is -0.603. The van der Waals surface area contributed by atoms with E-state index in [9.17, 15) is 9.59 Å². The van der Waals surface area contributed by atoms with E-state index in [-0.39, 0.29) is 23.8 Å². The number of benzene rings is 1. The molecule has 2 aromatic rings. The number of nitrogens with one attached hydrogen (secondary N) is 2. The summed E-state index contributed by atoms with van der Waals surface area (Å²) in [5.41, 5.74) is 1.61. The first kappa shape index (κ1) is 14.6. The van der Waals surface area contributed by atoms with Gasteiger partial charge in [0.15, 0.2) is 0 Å². The topological polar surface area (TPSA) is 71.2 Å². The van der Waals surface area contributed by atoms with Crippen LogP contribution in [0.1, 0.15) is 36.0 Å². The van der Waals surface area contributed by atoms with Crippen LogP contribution in [0.4, 0.5) is 0 Å². The van der Waals surface area contributed by atoms with Crippen LogP contribution < -0.4 is 5.32 Å². The maximum absolute atomic E-state index is 12.5. The van der Waals surface area contributed by atoms with Gasteiger partial charge in [0, 0.05) is 28.7 Å². The van der Waals surface area contributed by atoms with Crippen LogP contribution in [-0.4, -0.2) is 30.0 Å². The van der Waals surface area contributed by atoms with Crippen LogP contribution in [0, 0.1) is 5.92 Å². The number of ether oxygens (including phenoxy) is 1. The van der Waals surface area contributed by atoms with E-state index in [1.807, 2.05) is 24.4 Å². The standard InChI is InChI=1S/C17H20N2O3/c1-22-17(21)13-4-2-3-5-15(13)19-16(20)12-6-7-14-11(10-12)8-9-18-14/h6-10,13,15,18H,2-5H2,1H3,(H,19,20)/t13-,15+/m1/s1. The molecular formula is C17H20N2O3. The average molecular weight is 300 g/mol. The molecule has 1 heterocycles. The lowest BCUT2D eigenvalue weighted by atomic mass is 9.84. The number of hydrogen-bond donors (Lipinski definition) is 2.